The number of hydrogen-bond acceptors (Lipinski definition) is 5. The molecular weight excluding hydrogens is 482 g/mol. The Bertz CT molecular complexity index is 1320. The summed E-state index contributed by atoms with van der Waals surface area (Å²) in [6, 6.07) is 10.5. The smallest absolute Gasteiger partial charge is 0.305 e. The standard InChI is InChI=1S/C29H37N5O4/c1-18(35)30-22-12-10-20(11-13-22)26-27(33-29(2,3)4)34-15-14-21(16-24(34)32-26)28(38)31-23(17-25(36)37)19-8-6-5-7-9-19/h10-16,19,23,33H,5-9,17H2,1-4H3,(H,30,35)(H,31,38)(H,36,37). The average molecular weight is 520 g/mol. The zero-order chi connectivity index (χ0) is 27.4. The fraction of sp³-hybridized carbons (Fsp3) is 0.448. The van der Waals surface area contributed by atoms with E-state index in [1.54, 1.807) is 12.1 Å². The highest BCUT2D eigenvalue weighted by Crippen LogP contribution is 2.32. The molecule has 0 spiro atoms. The Balaban J connectivity index is 1.66. The molecule has 0 saturated heterocycles. The first-order chi connectivity index (χ1) is 18.0. The van der Waals surface area contributed by atoms with Gasteiger partial charge in [0, 0.05) is 41.5 Å². The highest BCUT2D eigenvalue weighted by molar-refractivity contribution is 5.96. The molecule has 1 aromatic carbocycles. The monoisotopic (exact) mass is 519 g/mol. The van der Waals surface area contributed by atoms with Crippen LogP contribution in [-0.2, 0) is 9.59 Å². The van der Waals surface area contributed by atoms with Crippen molar-refractivity contribution >= 4 is 34.9 Å². The molecule has 2 heterocycles. The molecule has 4 rings (SSSR count). The summed E-state index contributed by atoms with van der Waals surface area (Å²) < 4.78 is 1.91. The maximum Gasteiger partial charge on any atom is 0.305 e. The molecule has 4 N–H and O–H groups in total. The molecule has 3 aromatic rings. The Morgan fingerprint density at radius 3 is 2.37 bits per heavy atom. The maximum atomic E-state index is 13.2. The molecule has 0 bridgehead atoms. The highest BCUT2D eigenvalue weighted by Gasteiger charge is 2.28. The number of anilines is 2. The third-order valence-electron chi connectivity index (χ3n) is 6.79. The molecular formula is C29H37N5O4. The molecule has 9 nitrogen and oxygen atoms in total. The summed E-state index contributed by atoms with van der Waals surface area (Å²) in [6.07, 6.45) is 6.88. The van der Waals surface area contributed by atoms with E-state index in [0.29, 0.717) is 16.9 Å². The van der Waals surface area contributed by atoms with Crippen molar-refractivity contribution in [3.05, 3.63) is 48.2 Å². The molecule has 2 aromatic heterocycles. The first-order valence-corrected chi connectivity index (χ1v) is 13.2. The van der Waals surface area contributed by atoms with E-state index < -0.39 is 12.0 Å². The number of amides is 2. The largest absolute Gasteiger partial charge is 0.481 e. The number of pyridine rings is 1. The second-order valence-electron chi connectivity index (χ2n) is 11.2. The van der Waals surface area contributed by atoms with Gasteiger partial charge in [-0.1, -0.05) is 31.4 Å². The van der Waals surface area contributed by atoms with Gasteiger partial charge in [0.25, 0.3) is 5.91 Å². The lowest BCUT2D eigenvalue weighted by molar-refractivity contribution is -0.137. The molecule has 9 heteroatoms. The van der Waals surface area contributed by atoms with Gasteiger partial charge < -0.3 is 21.1 Å². The van der Waals surface area contributed by atoms with E-state index in [0.717, 1.165) is 49.2 Å². The Morgan fingerprint density at radius 1 is 1.08 bits per heavy atom. The van der Waals surface area contributed by atoms with E-state index in [1.807, 2.05) is 34.9 Å². The lowest BCUT2D eigenvalue weighted by atomic mass is 9.82. The van der Waals surface area contributed by atoms with Gasteiger partial charge in [-0.2, -0.15) is 0 Å². The molecule has 1 saturated carbocycles. The third-order valence-corrected chi connectivity index (χ3v) is 6.79. The predicted octanol–water partition coefficient (Wildman–Crippen LogP) is 5.32. The van der Waals surface area contributed by atoms with Crippen molar-refractivity contribution in [1.82, 2.24) is 14.7 Å². The number of carbonyl (C=O) groups excluding carboxylic acids is 2. The van der Waals surface area contributed by atoms with Gasteiger partial charge in [-0.25, -0.2) is 4.98 Å². The topological polar surface area (TPSA) is 125 Å². The summed E-state index contributed by atoms with van der Waals surface area (Å²) in [7, 11) is 0. The molecule has 1 aliphatic rings. The Labute approximate surface area is 223 Å². The van der Waals surface area contributed by atoms with Gasteiger partial charge in [0.05, 0.1) is 6.42 Å². The van der Waals surface area contributed by atoms with Crippen molar-refractivity contribution in [2.45, 2.75) is 77.8 Å². The Morgan fingerprint density at radius 2 is 1.76 bits per heavy atom. The molecule has 2 amide bonds. The van der Waals surface area contributed by atoms with E-state index in [2.05, 4.69) is 36.7 Å². The lowest BCUT2D eigenvalue weighted by Crippen LogP contribution is -2.42. The summed E-state index contributed by atoms with van der Waals surface area (Å²) in [6.45, 7) is 7.65. The number of rotatable bonds is 8. The zero-order valence-corrected chi connectivity index (χ0v) is 22.5. The second-order valence-corrected chi connectivity index (χ2v) is 11.2. The van der Waals surface area contributed by atoms with Crippen LogP contribution in [0.1, 0.15) is 76.6 Å². The molecule has 1 atom stereocenters. The Kier molecular flexibility index (Phi) is 8.04. The van der Waals surface area contributed by atoms with Crippen molar-refractivity contribution in [2.75, 3.05) is 10.6 Å². The summed E-state index contributed by atoms with van der Waals surface area (Å²) >= 11 is 0. The van der Waals surface area contributed by atoms with Gasteiger partial charge in [0.2, 0.25) is 5.91 Å². The van der Waals surface area contributed by atoms with Gasteiger partial charge in [-0.3, -0.25) is 18.8 Å². The van der Waals surface area contributed by atoms with Crippen LogP contribution in [0.15, 0.2) is 42.6 Å². The van der Waals surface area contributed by atoms with Crippen LogP contribution in [0.3, 0.4) is 0 Å². The molecule has 38 heavy (non-hydrogen) atoms. The molecule has 0 radical (unpaired) electrons. The van der Waals surface area contributed by atoms with Crippen molar-refractivity contribution in [3.63, 3.8) is 0 Å². The molecule has 1 fully saturated rings. The average Bonchev–Trinajstić information content (AvgIpc) is 3.20. The molecule has 202 valence electrons. The van der Waals surface area contributed by atoms with Crippen LogP contribution < -0.4 is 16.0 Å². The van der Waals surface area contributed by atoms with E-state index in [9.17, 15) is 19.5 Å². The fourth-order valence-corrected chi connectivity index (χ4v) is 5.09. The van der Waals surface area contributed by atoms with Crippen LogP contribution in [-0.4, -0.2) is 43.9 Å². The zero-order valence-electron chi connectivity index (χ0n) is 22.5. The van der Waals surface area contributed by atoms with Crippen LogP contribution in [0.2, 0.25) is 0 Å². The van der Waals surface area contributed by atoms with Crippen molar-refractivity contribution in [3.8, 4) is 11.3 Å². The summed E-state index contributed by atoms with van der Waals surface area (Å²) in [5.41, 5.74) is 3.06. The van der Waals surface area contributed by atoms with Gasteiger partial charge >= 0.3 is 5.97 Å². The third kappa shape index (κ3) is 6.70. The number of aliphatic carboxylic acids is 1. The van der Waals surface area contributed by atoms with Crippen LogP contribution in [0.4, 0.5) is 11.5 Å². The minimum Gasteiger partial charge on any atom is -0.481 e. The maximum absolute atomic E-state index is 13.2. The fourth-order valence-electron chi connectivity index (χ4n) is 5.09. The summed E-state index contributed by atoms with van der Waals surface area (Å²) in [4.78, 5) is 41.0. The molecule has 1 unspecified atom stereocenters. The van der Waals surface area contributed by atoms with Gasteiger partial charge in [0.1, 0.15) is 17.2 Å². The minimum absolute atomic E-state index is 0.0830. The first-order valence-electron chi connectivity index (χ1n) is 13.2. The van der Waals surface area contributed by atoms with Crippen LogP contribution in [0.5, 0.6) is 0 Å². The molecule has 1 aliphatic carbocycles. The van der Waals surface area contributed by atoms with Crippen LogP contribution in [0, 0.1) is 5.92 Å². The number of benzene rings is 1. The predicted molar refractivity (Wildman–Crippen MR) is 148 cm³/mol. The van der Waals surface area contributed by atoms with Crippen molar-refractivity contribution in [2.24, 2.45) is 5.92 Å². The second kappa shape index (κ2) is 11.2. The van der Waals surface area contributed by atoms with Gasteiger partial charge in [-0.05, 0) is 63.8 Å². The lowest BCUT2D eigenvalue weighted by Gasteiger charge is -2.30. The number of carbonyl (C=O) groups is 3. The van der Waals surface area contributed by atoms with Gasteiger partial charge in [0.15, 0.2) is 0 Å². The number of hydrogen-bond donors (Lipinski definition) is 4. The van der Waals surface area contributed by atoms with Crippen LogP contribution >= 0.6 is 0 Å². The van der Waals surface area contributed by atoms with Crippen LogP contribution in [0.25, 0.3) is 16.9 Å². The number of carboxylic acid groups (broad SMARTS) is 1. The number of imidazole rings is 1. The SMILES string of the molecule is CC(=O)Nc1ccc(-c2nc3cc(C(=O)NC(CC(=O)O)C4CCCCC4)ccn3c2NC(C)(C)C)cc1. The van der Waals surface area contributed by atoms with E-state index >= 15 is 0 Å². The van der Waals surface area contributed by atoms with Gasteiger partial charge in [-0.15, -0.1) is 0 Å². The highest BCUT2D eigenvalue weighted by atomic mass is 16.4. The number of aromatic nitrogens is 2. The first kappa shape index (κ1) is 27.2. The van der Waals surface area contributed by atoms with Crippen molar-refractivity contribution < 1.29 is 19.5 Å². The number of fused-ring (bicyclic) bond motifs is 1. The van der Waals surface area contributed by atoms with E-state index in [4.69, 9.17) is 4.98 Å². The summed E-state index contributed by atoms with van der Waals surface area (Å²) in [5, 5.41) is 18.7. The number of carboxylic acids is 1. The normalized spacial score (nSPS) is 15.2. The van der Waals surface area contributed by atoms with E-state index in [1.165, 1.54) is 6.92 Å². The Hall–Kier alpha value is -3.88. The summed E-state index contributed by atoms with van der Waals surface area (Å²) in [5.74, 6) is -0.373. The quantitative estimate of drug-likeness (QED) is 0.319. The van der Waals surface area contributed by atoms with Crippen molar-refractivity contribution in [1.29, 1.82) is 0 Å². The number of nitrogens with zero attached hydrogens (tertiary/aromatic N) is 2. The minimum atomic E-state index is -0.906. The number of nitrogens with one attached hydrogen (secondary N) is 3. The molecule has 0 aliphatic heterocycles. The van der Waals surface area contributed by atoms with E-state index in [-0.39, 0.29) is 29.7 Å².